The van der Waals surface area contributed by atoms with Crippen molar-refractivity contribution in [1.29, 1.82) is 0 Å². The zero-order valence-electron chi connectivity index (χ0n) is 12.0. The number of aliphatic carboxylic acids is 1. The summed E-state index contributed by atoms with van der Waals surface area (Å²) in [5.41, 5.74) is 2.80. The summed E-state index contributed by atoms with van der Waals surface area (Å²) in [4.78, 5) is 10.4. The van der Waals surface area contributed by atoms with Gasteiger partial charge in [-0.2, -0.15) is 0 Å². The number of aryl methyl sites for hydroxylation is 2. The quantitative estimate of drug-likeness (QED) is 0.625. The van der Waals surface area contributed by atoms with Gasteiger partial charge in [-0.3, -0.25) is 4.79 Å². The van der Waals surface area contributed by atoms with Crippen LogP contribution in [-0.2, 0) is 17.6 Å². The van der Waals surface area contributed by atoms with E-state index in [1.807, 2.05) is 0 Å². The fraction of sp³-hybridized carbons (Fsp3) is 0.588. The molecule has 19 heavy (non-hydrogen) atoms. The molecule has 1 N–H and O–H groups in total. The van der Waals surface area contributed by atoms with Gasteiger partial charge in [0, 0.05) is 6.42 Å². The van der Waals surface area contributed by atoms with Crippen molar-refractivity contribution < 1.29 is 9.90 Å². The smallest absolute Gasteiger partial charge is 0.303 e. The van der Waals surface area contributed by atoms with E-state index in [0.717, 1.165) is 25.7 Å². The van der Waals surface area contributed by atoms with Crippen LogP contribution in [0.5, 0.6) is 0 Å². The van der Waals surface area contributed by atoms with Crippen LogP contribution in [0.3, 0.4) is 0 Å². The molecule has 1 aromatic carbocycles. The van der Waals surface area contributed by atoms with Crippen molar-refractivity contribution in [3.05, 3.63) is 35.4 Å². The van der Waals surface area contributed by atoms with Gasteiger partial charge in [-0.1, -0.05) is 50.5 Å². The molecule has 106 valence electrons. The summed E-state index contributed by atoms with van der Waals surface area (Å²) < 4.78 is 0. The largest absolute Gasteiger partial charge is 0.481 e. The van der Waals surface area contributed by atoms with Crippen LogP contribution < -0.4 is 0 Å². The van der Waals surface area contributed by atoms with E-state index in [9.17, 15) is 4.79 Å². The lowest BCUT2D eigenvalue weighted by Crippen LogP contribution is -1.94. The molecular weight excluding hydrogens is 236 g/mol. The van der Waals surface area contributed by atoms with Crippen LogP contribution in [0.1, 0.15) is 63.0 Å². The molecule has 0 saturated heterocycles. The molecular formula is C17H26O2. The average molecular weight is 262 g/mol. The third-order valence-electron chi connectivity index (χ3n) is 3.45. The maximum absolute atomic E-state index is 10.4. The first-order chi connectivity index (χ1) is 9.22. The summed E-state index contributed by atoms with van der Waals surface area (Å²) in [5, 5.41) is 8.55. The minimum atomic E-state index is -0.684. The molecule has 0 bridgehead atoms. The highest BCUT2D eigenvalue weighted by Gasteiger charge is 1.98. The third kappa shape index (κ3) is 7.66. The molecule has 2 nitrogen and oxygen atoms in total. The first-order valence-electron chi connectivity index (χ1n) is 7.52. The Bertz CT molecular complexity index is 354. The Labute approximate surface area is 116 Å². The van der Waals surface area contributed by atoms with Gasteiger partial charge >= 0.3 is 5.97 Å². The normalized spacial score (nSPS) is 10.6. The van der Waals surface area contributed by atoms with Crippen LogP contribution in [0.4, 0.5) is 0 Å². The molecule has 0 atom stereocenters. The van der Waals surface area contributed by atoms with Gasteiger partial charge in [0.15, 0.2) is 0 Å². The fourth-order valence-corrected chi connectivity index (χ4v) is 2.23. The summed E-state index contributed by atoms with van der Waals surface area (Å²) in [6.45, 7) is 2.23. The van der Waals surface area contributed by atoms with Crippen molar-refractivity contribution in [3.8, 4) is 0 Å². The number of unbranched alkanes of at least 4 members (excludes halogenated alkanes) is 4. The molecule has 0 radical (unpaired) electrons. The predicted octanol–water partition coefficient (Wildman–Crippen LogP) is 4.61. The second-order valence-electron chi connectivity index (χ2n) is 5.23. The topological polar surface area (TPSA) is 37.3 Å². The minimum absolute atomic E-state index is 0.302. The van der Waals surface area contributed by atoms with Gasteiger partial charge in [0.05, 0.1) is 0 Å². The zero-order valence-corrected chi connectivity index (χ0v) is 12.0. The Hall–Kier alpha value is -1.31. The van der Waals surface area contributed by atoms with E-state index >= 15 is 0 Å². The van der Waals surface area contributed by atoms with Crippen LogP contribution in [-0.4, -0.2) is 11.1 Å². The van der Waals surface area contributed by atoms with Crippen molar-refractivity contribution in [3.63, 3.8) is 0 Å². The van der Waals surface area contributed by atoms with Gasteiger partial charge in [-0.15, -0.1) is 0 Å². The molecule has 0 amide bonds. The van der Waals surface area contributed by atoms with Gasteiger partial charge < -0.3 is 5.11 Å². The average Bonchev–Trinajstić information content (AvgIpc) is 2.40. The highest BCUT2D eigenvalue weighted by Crippen LogP contribution is 2.12. The molecule has 2 heteroatoms. The number of rotatable bonds is 10. The van der Waals surface area contributed by atoms with Gasteiger partial charge in [0.1, 0.15) is 0 Å². The molecule has 0 spiro atoms. The van der Waals surface area contributed by atoms with E-state index in [1.54, 1.807) is 0 Å². The molecule has 0 aliphatic rings. The van der Waals surface area contributed by atoms with Crippen molar-refractivity contribution in [2.75, 3.05) is 0 Å². The molecule has 0 aromatic heterocycles. The van der Waals surface area contributed by atoms with E-state index in [2.05, 4.69) is 31.2 Å². The van der Waals surface area contributed by atoms with Crippen molar-refractivity contribution in [1.82, 2.24) is 0 Å². The molecule has 1 aromatic rings. The summed E-state index contributed by atoms with van der Waals surface area (Å²) in [6, 6.07) is 8.92. The van der Waals surface area contributed by atoms with E-state index in [-0.39, 0.29) is 0 Å². The van der Waals surface area contributed by atoms with Crippen LogP contribution in [0, 0.1) is 0 Å². The second kappa shape index (κ2) is 9.60. The minimum Gasteiger partial charge on any atom is -0.481 e. The Morgan fingerprint density at radius 2 is 1.42 bits per heavy atom. The second-order valence-corrected chi connectivity index (χ2v) is 5.23. The number of benzene rings is 1. The Morgan fingerprint density at radius 1 is 0.895 bits per heavy atom. The molecule has 0 saturated carbocycles. The van der Waals surface area contributed by atoms with E-state index < -0.39 is 5.97 Å². The summed E-state index contributed by atoms with van der Waals surface area (Å²) in [6.07, 6.45) is 9.31. The Morgan fingerprint density at radius 3 is 1.89 bits per heavy atom. The summed E-state index contributed by atoms with van der Waals surface area (Å²) >= 11 is 0. The van der Waals surface area contributed by atoms with Gasteiger partial charge in [-0.25, -0.2) is 0 Å². The fourth-order valence-electron chi connectivity index (χ4n) is 2.23. The van der Waals surface area contributed by atoms with Crippen LogP contribution in [0.25, 0.3) is 0 Å². The number of hydrogen-bond donors (Lipinski definition) is 1. The summed E-state index contributed by atoms with van der Waals surface area (Å²) in [7, 11) is 0. The number of hydrogen-bond acceptors (Lipinski definition) is 1. The third-order valence-corrected chi connectivity index (χ3v) is 3.45. The maximum atomic E-state index is 10.4. The molecule has 0 fully saturated rings. The first-order valence-corrected chi connectivity index (χ1v) is 7.52. The van der Waals surface area contributed by atoms with Crippen LogP contribution >= 0.6 is 0 Å². The van der Waals surface area contributed by atoms with Crippen molar-refractivity contribution in [2.45, 2.75) is 64.7 Å². The SMILES string of the molecule is CCCCCc1ccc(CCCCCC(=O)O)cc1. The van der Waals surface area contributed by atoms with Gasteiger partial charge in [-0.05, 0) is 43.2 Å². The number of carboxylic acids is 1. The van der Waals surface area contributed by atoms with E-state index in [1.165, 1.54) is 36.8 Å². The predicted molar refractivity (Wildman–Crippen MR) is 79.5 cm³/mol. The molecule has 1 rings (SSSR count). The molecule has 0 aliphatic carbocycles. The lowest BCUT2D eigenvalue weighted by Gasteiger charge is -2.04. The zero-order chi connectivity index (χ0) is 13.9. The highest BCUT2D eigenvalue weighted by atomic mass is 16.4. The lowest BCUT2D eigenvalue weighted by atomic mass is 10.0. The van der Waals surface area contributed by atoms with E-state index in [0.29, 0.717) is 6.42 Å². The summed E-state index contributed by atoms with van der Waals surface area (Å²) in [5.74, 6) is -0.684. The Kier molecular flexibility index (Phi) is 7.95. The van der Waals surface area contributed by atoms with Crippen LogP contribution in [0.2, 0.25) is 0 Å². The first kappa shape index (κ1) is 15.7. The monoisotopic (exact) mass is 262 g/mol. The Balaban J connectivity index is 2.18. The van der Waals surface area contributed by atoms with Crippen molar-refractivity contribution in [2.24, 2.45) is 0 Å². The maximum Gasteiger partial charge on any atom is 0.303 e. The van der Waals surface area contributed by atoms with Gasteiger partial charge in [0.2, 0.25) is 0 Å². The van der Waals surface area contributed by atoms with Crippen molar-refractivity contribution >= 4 is 5.97 Å². The standard InChI is InChI=1S/C17H26O2/c1-2-3-5-8-15-11-13-16(14-12-15)9-6-4-7-10-17(18)19/h11-14H,2-10H2,1H3,(H,18,19). The van der Waals surface area contributed by atoms with Crippen LogP contribution in [0.15, 0.2) is 24.3 Å². The molecule has 0 aliphatic heterocycles. The lowest BCUT2D eigenvalue weighted by molar-refractivity contribution is -0.137. The molecule has 0 unspecified atom stereocenters. The van der Waals surface area contributed by atoms with E-state index in [4.69, 9.17) is 5.11 Å². The highest BCUT2D eigenvalue weighted by molar-refractivity contribution is 5.66. The number of carbonyl (C=O) groups is 1. The van der Waals surface area contributed by atoms with Gasteiger partial charge in [0.25, 0.3) is 0 Å². The number of carboxylic acid groups (broad SMARTS) is 1. The molecule has 0 heterocycles.